The Labute approximate surface area is 169 Å². The van der Waals surface area contributed by atoms with Gasteiger partial charge in [0.25, 0.3) is 0 Å². The quantitative estimate of drug-likeness (QED) is 0.580. The number of amides is 2. The Morgan fingerprint density at radius 1 is 0.724 bits per heavy atom. The van der Waals surface area contributed by atoms with E-state index in [0.717, 1.165) is 0 Å². The minimum absolute atomic E-state index is 0.440. The second-order valence-corrected chi connectivity index (χ2v) is 5.90. The molecule has 0 aromatic heterocycles. The molecule has 3 aromatic rings. The monoisotopic (exact) mass is 394 g/mol. The molecule has 0 aliphatic heterocycles. The van der Waals surface area contributed by atoms with Gasteiger partial charge in [-0.1, -0.05) is 30.3 Å². The third-order valence-electron chi connectivity index (χ3n) is 4.03. The summed E-state index contributed by atoms with van der Waals surface area (Å²) in [7, 11) is 4.54. The van der Waals surface area contributed by atoms with E-state index < -0.39 is 6.03 Å². The highest BCUT2D eigenvalue weighted by molar-refractivity contribution is 6.01. The highest BCUT2D eigenvalue weighted by atomic mass is 16.5. The maximum absolute atomic E-state index is 12.5. The minimum Gasteiger partial charge on any atom is -0.493 e. The molecule has 0 bridgehead atoms. The summed E-state index contributed by atoms with van der Waals surface area (Å²) in [4.78, 5) is 12.5. The number of carbonyl (C=O) groups is 1. The molecule has 3 aromatic carbocycles. The van der Waals surface area contributed by atoms with Crippen molar-refractivity contribution in [2.45, 2.75) is 0 Å². The van der Waals surface area contributed by atoms with Crippen LogP contribution in [0.15, 0.2) is 66.7 Å². The zero-order chi connectivity index (χ0) is 20.6. The van der Waals surface area contributed by atoms with E-state index in [1.54, 1.807) is 24.3 Å². The van der Waals surface area contributed by atoms with Crippen molar-refractivity contribution in [3.8, 4) is 28.7 Å². The summed E-state index contributed by atoms with van der Waals surface area (Å²) in [6, 6.07) is 19.4. The van der Waals surface area contributed by atoms with Crippen molar-refractivity contribution in [2.75, 3.05) is 32.0 Å². The molecule has 7 nitrogen and oxygen atoms in total. The molecule has 0 atom stereocenters. The molecule has 0 spiro atoms. The summed E-state index contributed by atoms with van der Waals surface area (Å²) in [5, 5.41) is 5.56. The average Bonchev–Trinajstić information content (AvgIpc) is 2.75. The Kier molecular flexibility index (Phi) is 6.42. The predicted molar refractivity (Wildman–Crippen MR) is 112 cm³/mol. The fourth-order valence-electron chi connectivity index (χ4n) is 2.71. The predicted octanol–water partition coefficient (Wildman–Crippen LogP) is 5.15. The molecule has 7 heteroatoms. The van der Waals surface area contributed by atoms with Gasteiger partial charge in [-0.2, -0.15) is 0 Å². The van der Waals surface area contributed by atoms with E-state index in [4.69, 9.17) is 18.9 Å². The van der Waals surface area contributed by atoms with Crippen LogP contribution in [0.2, 0.25) is 0 Å². The largest absolute Gasteiger partial charge is 0.493 e. The van der Waals surface area contributed by atoms with Gasteiger partial charge in [-0.3, -0.25) is 0 Å². The molecule has 0 saturated carbocycles. The van der Waals surface area contributed by atoms with E-state index >= 15 is 0 Å². The van der Waals surface area contributed by atoms with Crippen LogP contribution in [0.1, 0.15) is 0 Å². The lowest BCUT2D eigenvalue weighted by Gasteiger charge is -2.16. The lowest BCUT2D eigenvalue weighted by Crippen LogP contribution is -2.19. The number of nitrogens with one attached hydrogen (secondary N) is 2. The first-order valence-electron chi connectivity index (χ1n) is 8.84. The number of hydrogen-bond acceptors (Lipinski definition) is 5. The topological polar surface area (TPSA) is 78.1 Å². The Bertz CT molecular complexity index is 951. The highest BCUT2D eigenvalue weighted by Gasteiger charge is 2.15. The fraction of sp³-hybridized carbons (Fsp3) is 0.136. The van der Waals surface area contributed by atoms with Gasteiger partial charge in [-0.05, 0) is 24.3 Å². The van der Waals surface area contributed by atoms with Gasteiger partial charge in [-0.25, -0.2) is 4.79 Å². The second-order valence-electron chi connectivity index (χ2n) is 5.90. The van der Waals surface area contributed by atoms with Crippen molar-refractivity contribution in [1.29, 1.82) is 0 Å². The lowest BCUT2D eigenvalue weighted by molar-refractivity contribution is 0.262. The number of para-hydroxylation sites is 3. The van der Waals surface area contributed by atoms with Crippen LogP contribution in [-0.4, -0.2) is 27.4 Å². The van der Waals surface area contributed by atoms with Crippen LogP contribution in [0.25, 0.3) is 0 Å². The number of rotatable bonds is 7. The zero-order valence-corrected chi connectivity index (χ0v) is 16.4. The lowest BCUT2D eigenvalue weighted by atomic mass is 10.2. The van der Waals surface area contributed by atoms with Gasteiger partial charge in [0.1, 0.15) is 5.75 Å². The number of benzene rings is 3. The molecule has 0 saturated heterocycles. The van der Waals surface area contributed by atoms with Gasteiger partial charge >= 0.3 is 6.03 Å². The smallest absolute Gasteiger partial charge is 0.323 e. The number of ether oxygens (including phenoxy) is 4. The van der Waals surface area contributed by atoms with E-state index in [2.05, 4.69) is 10.6 Å². The third-order valence-corrected chi connectivity index (χ3v) is 4.03. The van der Waals surface area contributed by atoms with Gasteiger partial charge < -0.3 is 29.6 Å². The molecule has 2 N–H and O–H groups in total. The maximum Gasteiger partial charge on any atom is 0.323 e. The standard InChI is InChI=1S/C22H22N2O5/c1-26-19-13-15(14-20(27-2)21(19)28-3)23-22(25)24-17-11-7-8-12-18(17)29-16-9-5-4-6-10-16/h4-14H,1-3H3,(H2,23,24,25). The molecular formula is C22H22N2O5. The number of hydrogen-bond donors (Lipinski definition) is 2. The SMILES string of the molecule is COc1cc(NC(=O)Nc2ccccc2Oc2ccccc2)cc(OC)c1OC. The molecule has 0 heterocycles. The number of urea groups is 1. The first-order chi connectivity index (χ1) is 14.1. The summed E-state index contributed by atoms with van der Waals surface area (Å²) in [6.45, 7) is 0. The summed E-state index contributed by atoms with van der Waals surface area (Å²) < 4.78 is 21.8. The van der Waals surface area contributed by atoms with Gasteiger partial charge in [0.2, 0.25) is 5.75 Å². The minimum atomic E-state index is -0.441. The molecule has 0 fully saturated rings. The van der Waals surface area contributed by atoms with E-state index in [1.165, 1.54) is 21.3 Å². The van der Waals surface area contributed by atoms with Gasteiger partial charge in [0.15, 0.2) is 17.2 Å². The highest BCUT2D eigenvalue weighted by Crippen LogP contribution is 2.40. The normalized spacial score (nSPS) is 10.0. The Balaban J connectivity index is 1.76. The summed E-state index contributed by atoms with van der Waals surface area (Å²) >= 11 is 0. The molecule has 29 heavy (non-hydrogen) atoms. The average molecular weight is 394 g/mol. The van der Waals surface area contributed by atoms with E-state index in [1.807, 2.05) is 42.5 Å². The summed E-state index contributed by atoms with van der Waals surface area (Å²) in [6.07, 6.45) is 0. The second kappa shape index (κ2) is 9.36. The Morgan fingerprint density at radius 3 is 1.97 bits per heavy atom. The molecule has 0 radical (unpaired) electrons. The molecule has 2 amide bonds. The van der Waals surface area contributed by atoms with Crippen molar-refractivity contribution in [2.24, 2.45) is 0 Å². The zero-order valence-electron chi connectivity index (χ0n) is 16.4. The summed E-state index contributed by atoms with van der Waals surface area (Å²) in [5.41, 5.74) is 1.01. The van der Waals surface area contributed by atoms with Crippen LogP contribution in [0.4, 0.5) is 16.2 Å². The molecule has 0 aliphatic carbocycles. The fourth-order valence-corrected chi connectivity index (χ4v) is 2.71. The van der Waals surface area contributed by atoms with E-state index in [-0.39, 0.29) is 0 Å². The van der Waals surface area contributed by atoms with Gasteiger partial charge in [-0.15, -0.1) is 0 Å². The molecule has 0 unspecified atom stereocenters. The molecular weight excluding hydrogens is 372 g/mol. The third kappa shape index (κ3) is 4.90. The van der Waals surface area contributed by atoms with Crippen molar-refractivity contribution in [3.05, 3.63) is 66.7 Å². The summed E-state index contributed by atoms with van der Waals surface area (Å²) in [5.74, 6) is 2.53. The van der Waals surface area contributed by atoms with E-state index in [0.29, 0.717) is 40.1 Å². The van der Waals surface area contributed by atoms with Crippen LogP contribution in [0.3, 0.4) is 0 Å². The number of anilines is 2. The van der Waals surface area contributed by atoms with Crippen LogP contribution >= 0.6 is 0 Å². The molecule has 3 rings (SSSR count). The van der Waals surface area contributed by atoms with Crippen LogP contribution < -0.4 is 29.6 Å². The van der Waals surface area contributed by atoms with Crippen LogP contribution in [-0.2, 0) is 0 Å². The first kappa shape index (κ1) is 19.9. The Hall–Kier alpha value is -3.87. The number of carbonyl (C=O) groups excluding carboxylic acids is 1. The molecule has 0 aliphatic rings. The first-order valence-corrected chi connectivity index (χ1v) is 8.84. The Morgan fingerprint density at radius 2 is 1.34 bits per heavy atom. The van der Waals surface area contributed by atoms with Crippen LogP contribution in [0.5, 0.6) is 28.7 Å². The van der Waals surface area contributed by atoms with Gasteiger partial charge in [0, 0.05) is 12.1 Å². The van der Waals surface area contributed by atoms with Crippen molar-refractivity contribution in [1.82, 2.24) is 0 Å². The number of methoxy groups -OCH3 is 3. The van der Waals surface area contributed by atoms with Crippen LogP contribution in [0, 0.1) is 0 Å². The van der Waals surface area contributed by atoms with Crippen molar-refractivity contribution < 1.29 is 23.7 Å². The molecule has 150 valence electrons. The van der Waals surface area contributed by atoms with E-state index in [9.17, 15) is 4.79 Å². The maximum atomic E-state index is 12.5. The van der Waals surface area contributed by atoms with Gasteiger partial charge in [0.05, 0.1) is 32.7 Å². The van der Waals surface area contributed by atoms with Crippen molar-refractivity contribution >= 4 is 17.4 Å². The van der Waals surface area contributed by atoms with Crippen molar-refractivity contribution in [3.63, 3.8) is 0 Å².